The molecule has 0 saturated carbocycles. The summed E-state index contributed by atoms with van der Waals surface area (Å²) in [5.74, 6) is 0. The molecule has 0 fully saturated rings. The van der Waals surface area contributed by atoms with E-state index in [4.69, 9.17) is 10.5 Å². The third-order valence-electron chi connectivity index (χ3n) is 2.19. The Hall–Kier alpha value is -1.29. The fourth-order valence-corrected chi connectivity index (χ4v) is 1.41. The minimum Gasteiger partial charge on any atom is -0.501 e. The highest BCUT2D eigenvalue weighted by molar-refractivity contribution is 5.10. The van der Waals surface area contributed by atoms with Gasteiger partial charge in [-0.2, -0.15) is 0 Å². The maximum atomic E-state index is 5.97. The number of imidazole rings is 1. The molecule has 1 aromatic rings. The highest BCUT2D eigenvalue weighted by atomic mass is 16.5. The number of rotatable bonds is 3. The van der Waals surface area contributed by atoms with Crippen LogP contribution in [0.3, 0.4) is 0 Å². The zero-order chi connectivity index (χ0) is 9.10. The number of ether oxygens (including phenoxy) is 1. The first-order chi connectivity index (χ1) is 6.36. The third kappa shape index (κ3) is 1.89. The summed E-state index contributed by atoms with van der Waals surface area (Å²) < 4.78 is 7.11. The van der Waals surface area contributed by atoms with Gasteiger partial charge in [0, 0.05) is 31.4 Å². The Morgan fingerprint density at radius 2 is 2.62 bits per heavy atom. The smallest absolute Gasteiger partial charge is 0.0946 e. The quantitative estimate of drug-likeness (QED) is 0.735. The maximum Gasteiger partial charge on any atom is 0.0946 e. The molecule has 4 nitrogen and oxygen atoms in total. The van der Waals surface area contributed by atoms with E-state index in [9.17, 15) is 0 Å². The van der Waals surface area contributed by atoms with Crippen LogP contribution in [0.5, 0.6) is 0 Å². The van der Waals surface area contributed by atoms with Gasteiger partial charge in [-0.1, -0.05) is 0 Å². The molecular weight excluding hydrogens is 166 g/mol. The molecule has 70 valence electrons. The van der Waals surface area contributed by atoms with E-state index >= 15 is 0 Å². The average molecular weight is 179 g/mol. The Bertz CT molecular complexity index is 292. The van der Waals surface area contributed by atoms with Gasteiger partial charge in [-0.3, -0.25) is 0 Å². The molecule has 1 atom stereocenters. The Morgan fingerprint density at radius 3 is 3.23 bits per heavy atom. The van der Waals surface area contributed by atoms with E-state index in [1.54, 1.807) is 18.8 Å². The summed E-state index contributed by atoms with van der Waals surface area (Å²) in [7, 11) is 0. The Morgan fingerprint density at radius 1 is 1.69 bits per heavy atom. The van der Waals surface area contributed by atoms with Crippen LogP contribution in [0, 0.1) is 0 Å². The van der Waals surface area contributed by atoms with Gasteiger partial charge in [0.25, 0.3) is 0 Å². The van der Waals surface area contributed by atoms with E-state index in [1.807, 2.05) is 10.8 Å². The monoisotopic (exact) mass is 179 g/mol. The largest absolute Gasteiger partial charge is 0.501 e. The maximum absolute atomic E-state index is 5.97. The van der Waals surface area contributed by atoms with Crippen LogP contribution >= 0.6 is 0 Å². The second-order valence-corrected chi connectivity index (χ2v) is 3.18. The molecule has 2 rings (SSSR count). The van der Waals surface area contributed by atoms with E-state index in [0.29, 0.717) is 0 Å². The zero-order valence-corrected chi connectivity index (χ0v) is 7.39. The van der Waals surface area contributed by atoms with Crippen molar-refractivity contribution in [1.82, 2.24) is 9.55 Å². The molecule has 0 amide bonds. The molecule has 0 spiro atoms. The number of aromatic nitrogens is 2. The van der Waals surface area contributed by atoms with Gasteiger partial charge in [-0.15, -0.1) is 0 Å². The lowest BCUT2D eigenvalue weighted by Gasteiger charge is -2.11. The van der Waals surface area contributed by atoms with Crippen LogP contribution in [-0.4, -0.2) is 22.2 Å². The molecule has 4 heteroatoms. The lowest BCUT2D eigenvalue weighted by molar-refractivity contribution is 0.281. The molecule has 0 radical (unpaired) electrons. The van der Waals surface area contributed by atoms with Gasteiger partial charge < -0.3 is 15.0 Å². The van der Waals surface area contributed by atoms with E-state index in [2.05, 4.69) is 4.98 Å². The summed E-state index contributed by atoms with van der Waals surface area (Å²) >= 11 is 0. The summed E-state index contributed by atoms with van der Waals surface area (Å²) in [6.45, 7) is 1.54. The van der Waals surface area contributed by atoms with Gasteiger partial charge in [0.1, 0.15) is 0 Å². The molecule has 1 aliphatic rings. The molecule has 2 heterocycles. The topological polar surface area (TPSA) is 53.1 Å². The van der Waals surface area contributed by atoms with Crippen LogP contribution in [-0.2, 0) is 11.3 Å². The van der Waals surface area contributed by atoms with Gasteiger partial charge in [0.15, 0.2) is 0 Å². The lowest BCUT2D eigenvalue weighted by Crippen LogP contribution is -2.27. The van der Waals surface area contributed by atoms with Crippen molar-refractivity contribution in [2.45, 2.75) is 19.0 Å². The van der Waals surface area contributed by atoms with Gasteiger partial charge >= 0.3 is 0 Å². The number of nitrogens with two attached hydrogens (primary N) is 1. The zero-order valence-electron chi connectivity index (χ0n) is 7.39. The summed E-state index contributed by atoms with van der Waals surface area (Å²) in [6.07, 6.45) is 8.18. The first-order valence-corrected chi connectivity index (χ1v) is 4.38. The van der Waals surface area contributed by atoms with Crippen LogP contribution in [0.2, 0.25) is 0 Å². The molecule has 1 aromatic heterocycles. The molecule has 0 saturated heterocycles. The van der Waals surface area contributed by atoms with Crippen molar-refractivity contribution < 1.29 is 4.74 Å². The van der Waals surface area contributed by atoms with Crippen molar-refractivity contribution in [3.05, 3.63) is 30.6 Å². The molecule has 1 unspecified atom stereocenters. The van der Waals surface area contributed by atoms with Crippen molar-refractivity contribution in [2.24, 2.45) is 5.73 Å². The summed E-state index contributed by atoms with van der Waals surface area (Å²) in [5, 5.41) is 0. The van der Waals surface area contributed by atoms with Gasteiger partial charge in [0.2, 0.25) is 0 Å². The van der Waals surface area contributed by atoms with Gasteiger partial charge in [-0.25, -0.2) is 4.98 Å². The van der Waals surface area contributed by atoms with Gasteiger partial charge in [0.05, 0.1) is 19.2 Å². The lowest BCUT2D eigenvalue weighted by atomic mass is 10.1. The van der Waals surface area contributed by atoms with E-state index < -0.39 is 0 Å². The van der Waals surface area contributed by atoms with Crippen LogP contribution in [0.1, 0.15) is 6.42 Å². The first-order valence-electron chi connectivity index (χ1n) is 4.38. The van der Waals surface area contributed by atoms with Crippen molar-refractivity contribution in [3.63, 3.8) is 0 Å². The molecule has 0 aliphatic carbocycles. The summed E-state index contributed by atoms with van der Waals surface area (Å²) in [5.41, 5.74) is 7.16. The fraction of sp³-hybridized carbons (Fsp3) is 0.444. The van der Waals surface area contributed by atoms with E-state index in [1.165, 1.54) is 5.57 Å². The normalized spacial score (nSPS) is 18.1. The van der Waals surface area contributed by atoms with Crippen molar-refractivity contribution in [1.29, 1.82) is 0 Å². The molecule has 0 bridgehead atoms. The number of hydrogen-bond acceptors (Lipinski definition) is 3. The van der Waals surface area contributed by atoms with Crippen LogP contribution < -0.4 is 5.73 Å². The Kier molecular flexibility index (Phi) is 2.31. The van der Waals surface area contributed by atoms with E-state index in [0.717, 1.165) is 19.6 Å². The minimum atomic E-state index is 0.0525. The minimum absolute atomic E-state index is 0.0525. The third-order valence-corrected chi connectivity index (χ3v) is 2.19. The fourth-order valence-electron chi connectivity index (χ4n) is 1.41. The molecule has 2 N–H and O–H groups in total. The number of nitrogens with zero attached hydrogens (tertiary/aromatic N) is 2. The standard InChI is InChI=1S/C9H13N3O/c10-9(8-1-4-13-6-8)5-12-3-2-11-7-12/h2-3,6-7,9H,1,4-5,10H2. The predicted molar refractivity (Wildman–Crippen MR) is 48.9 cm³/mol. The molecule has 13 heavy (non-hydrogen) atoms. The molecular formula is C9H13N3O. The SMILES string of the molecule is NC(Cn1ccnc1)C1=COCC1. The summed E-state index contributed by atoms with van der Waals surface area (Å²) in [6, 6.07) is 0.0525. The highest BCUT2D eigenvalue weighted by Gasteiger charge is 2.14. The second-order valence-electron chi connectivity index (χ2n) is 3.18. The predicted octanol–water partition coefficient (Wildman–Crippen LogP) is 0.515. The van der Waals surface area contributed by atoms with Crippen LogP contribution in [0.25, 0.3) is 0 Å². The van der Waals surface area contributed by atoms with E-state index in [-0.39, 0.29) is 6.04 Å². The highest BCUT2D eigenvalue weighted by Crippen LogP contribution is 2.14. The summed E-state index contributed by atoms with van der Waals surface area (Å²) in [4.78, 5) is 3.96. The second kappa shape index (κ2) is 3.62. The van der Waals surface area contributed by atoms with Crippen molar-refractivity contribution in [2.75, 3.05) is 6.61 Å². The Labute approximate surface area is 77.0 Å². The molecule has 0 aromatic carbocycles. The number of hydrogen-bond donors (Lipinski definition) is 1. The first kappa shape index (κ1) is 8.31. The molecule has 1 aliphatic heterocycles. The van der Waals surface area contributed by atoms with Crippen LogP contribution in [0.15, 0.2) is 30.6 Å². The van der Waals surface area contributed by atoms with Crippen LogP contribution in [0.4, 0.5) is 0 Å². The Balaban J connectivity index is 1.95. The van der Waals surface area contributed by atoms with Crippen molar-refractivity contribution >= 4 is 0 Å². The van der Waals surface area contributed by atoms with Gasteiger partial charge in [-0.05, 0) is 5.57 Å². The van der Waals surface area contributed by atoms with Crippen molar-refractivity contribution in [3.8, 4) is 0 Å². The average Bonchev–Trinajstić information content (AvgIpc) is 2.74.